The molecule has 144 valence electrons. The first-order chi connectivity index (χ1) is 11.6. The van der Waals surface area contributed by atoms with E-state index < -0.39 is 16.5 Å². The van der Waals surface area contributed by atoms with E-state index >= 15 is 0 Å². The topological polar surface area (TPSA) is 89.9 Å². The molecule has 0 unspecified atom stereocenters. The van der Waals surface area contributed by atoms with Crippen LogP contribution in [0, 0.1) is 28.6 Å². The van der Waals surface area contributed by atoms with Crippen molar-refractivity contribution in [1.29, 1.82) is 0 Å². The van der Waals surface area contributed by atoms with Crippen molar-refractivity contribution in [3.05, 3.63) is 0 Å². The number of ether oxygens (including phenoxy) is 1. The Balaban J connectivity index is 1.72. The van der Waals surface area contributed by atoms with Gasteiger partial charge in [-0.25, -0.2) is 4.18 Å². The summed E-state index contributed by atoms with van der Waals surface area (Å²) in [6.45, 7) is 4.36. The largest absolute Gasteiger partial charge is 0.469 e. The summed E-state index contributed by atoms with van der Waals surface area (Å²) >= 11 is 0. The molecule has 0 amide bonds. The number of esters is 1. The predicted molar refractivity (Wildman–Crippen MR) is 92.1 cm³/mol. The molecular weight excluding hydrogens is 344 g/mol. The molecule has 0 radical (unpaired) electrons. The Hall–Kier alpha value is -0.660. The third-order valence-corrected chi connectivity index (χ3v) is 7.96. The second-order valence-corrected chi connectivity index (χ2v) is 9.91. The Labute approximate surface area is 150 Å². The third-order valence-electron chi connectivity index (χ3n) is 7.44. The van der Waals surface area contributed by atoms with Crippen LogP contribution in [0.4, 0.5) is 0 Å². The lowest BCUT2D eigenvalue weighted by molar-refractivity contribution is -0.161. The highest BCUT2D eigenvalue weighted by molar-refractivity contribution is 7.80. The molecule has 0 aromatic heterocycles. The maximum absolute atomic E-state index is 12.2. The van der Waals surface area contributed by atoms with Crippen LogP contribution in [0.15, 0.2) is 0 Å². The smallest absolute Gasteiger partial charge is 0.397 e. The highest BCUT2D eigenvalue weighted by atomic mass is 32.3. The van der Waals surface area contributed by atoms with Crippen molar-refractivity contribution in [3.63, 3.8) is 0 Å². The molecule has 3 fully saturated rings. The van der Waals surface area contributed by atoms with E-state index in [-0.39, 0.29) is 16.8 Å². The minimum atomic E-state index is -4.38. The average molecular weight is 374 g/mol. The van der Waals surface area contributed by atoms with Crippen LogP contribution in [-0.2, 0) is 24.1 Å². The molecule has 25 heavy (non-hydrogen) atoms. The van der Waals surface area contributed by atoms with E-state index in [2.05, 4.69) is 6.92 Å². The zero-order valence-electron chi connectivity index (χ0n) is 15.4. The molecule has 6 nitrogen and oxygen atoms in total. The number of hydrogen-bond donors (Lipinski definition) is 1. The summed E-state index contributed by atoms with van der Waals surface area (Å²) in [5.41, 5.74) is -0.205. The molecule has 7 heteroatoms. The fourth-order valence-corrected chi connectivity index (χ4v) is 6.65. The van der Waals surface area contributed by atoms with Crippen molar-refractivity contribution in [3.8, 4) is 0 Å². The molecular formula is C18H30O6S. The van der Waals surface area contributed by atoms with E-state index in [1.54, 1.807) is 0 Å². The molecule has 1 N–H and O–H groups in total. The van der Waals surface area contributed by atoms with Crippen molar-refractivity contribution in [2.75, 3.05) is 7.11 Å². The van der Waals surface area contributed by atoms with Crippen molar-refractivity contribution in [2.45, 2.75) is 71.3 Å². The third kappa shape index (κ3) is 3.60. The molecule has 0 bridgehead atoms. The number of carbonyl (C=O) groups is 1. The summed E-state index contributed by atoms with van der Waals surface area (Å²) in [7, 11) is -2.92. The van der Waals surface area contributed by atoms with Gasteiger partial charge in [-0.2, -0.15) is 8.42 Å². The van der Waals surface area contributed by atoms with Gasteiger partial charge in [0.25, 0.3) is 0 Å². The minimum Gasteiger partial charge on any atom is -0.469 e. The molecule has 0 aromatic rings. The summed E-state index contributed by atoms with van der Waals surface area (Å²) in [6, 6.07) is 0. The number of fused-ring (bicyclic) bond motifs is 3. The van der Waals surface area contributed by atoms with Gasteiger partial charge in [0.2, 0.25) is 0 Å². The van der Waals surface area contributed by atoms with Crippen molar-refractivity contribution < 1.29 is 26.7 Å². The maximum atomic E-state index is 12.2. The second kappa shape index (κ2) is 6.50. The first-order valence-corrected chi connectivity index (χ1v) is 10.7. The van der Waals surface area contributed by atoms with Gasteiger partial charge in [-0.1, -0.05) is 6.92 Å². The SMILES string of the molecule is COC(=O)[C@@]1(C)CC[C@H]2[C@@H](CC[C@@H]3C[C@H](OS(=O)(=O)O)CC[C@@]32C)C1. The Morgan fingerprint density at radius 2 is 1.84 bits per heavy atom. The Morgan fingerprint density at radius 3 is 2.48 bits per heavy atom. The fourth-order valence-electron chi connectivity index (χ4n) is 6.13. The molecule has 3 aliphatic rings. The Bertz CT molecular complexity index is 631. The van der Waals surface area contributed by atoms with Crippen LogP contribution in [0.3, 0.4) is 0 Å². The molecule has 0 aromatic carbocycles. The van der Waals surface area contributed by atoms with Gasteiger partial charge in [0.1, 0.15) is 0 Å². The van der Waals surface area contributed by atoms with Crippen molar-refractivity contribution in [1.82, 2.24) is 0 Å². The summed E-state index contributed by atoms with van der Waals surface area (Å²) in [5, 5.41) is 0. The van der Waals surface area contributed by atoms with Gasteiger partial charge in [-0.05, 0) is 81.5 Å². The summed E-state index contributed by atoms with van der Waals surface area (Å²) in [6.07, 6.45) is 6.70. The lowest BCUT2D eigenvalue weighted by atomic mass is 9.47. The van der Waals surface area contributed by atoms with Crippen LogP contribution in [-0.4, -0.2) is 32.2 Å². The second-order valence-electron chi connectivity index (χ2n) is 8.86. The Kier molecular flexibility index (Phi) is 4.97. The molecule has 0 aliphatic heterocycles. The standard InChI is InChI=1S/C18H30O6S/c1-17(16(19)23-3)8-7-15-12(11-17)4-5-13-10-14(24-25(20,21)22)6-9-18(13,15)2/h12-15H,4-11H2,1-3H3,(H,20,21,22)/t12-,13+,14+,15-,17-,18-/m0/s1. The van der Waals surface area contributed by atoms with Crippen LogP contribution in [0.2, 0.25) is 0 Å². The van der Waals surface area contributed by atoms with E-state index in [9.17, 15) is 13.2 Å². The quantitative estimate of drug-likeness (QED) is 0.602. The number of rotatable bonds is 3. The van der Waals surface area contributed by atoms with Gasteiger partial charge in [-0.3, -0.25) is 9.35 Å². The van der Waals surface area contributed by atoms with Crippen LogP contribution in [0.25, 0.3) is 0 Å². The first kappa shape index (κ1) is 19.1. The maximum Gasteiger partial charge on any atom is 0.397 e. The molecule has 6 atom stereocenters. The zero-order valence-corrected chi connectivity index (χ0v) is 16.2. The van der Waals surface area contributed by atoms with E-state index in [1.165, 1.54) is 7.11 Å². The van der Waals surface area contributed by atoms with Crippen LogP contribution in [0.5, 0.6) is 0 Å². The average Bonchev–Trinajstić information content (AvgIpc) is 2.53. The highest BCUT2D eigenvalue weighted by Crippen LogP contribution is 2.61. The van der Waals surface area contributed by atoms with Gasteiger partial charge < -0.3 is 4.74 Å². The van der Waals surface area contributed by atoms with E-state index in [0.717, 1.165) is 38.5 Å². The highest BCUT2D eigenvalue weighted by Gasteiger charge is 2.55. The number of hydrogen-bond acceptors (Lipinski definition) is 5. The fraction of sp³-hybridized carbons (Fsp3) is 0.944. The predicted octanol–water partition coefficient (Wildman–Crippen LogP) is 3.37. The molecule has 0 spiro atoms. The van der Waals surface area contributed by atoms with Crippen molar-refractivity contribution in [2.24, 2.45) is 28.6 Å². The number of carbonyl (C=O) groups excluding carboxylic acids is 1. The van der Waals surface area contributed by atoms with Crippen molar-refractivity contribution >= 4 is 16.4 Å². The van der Waals surface area contributed by atoms with Gasteiger partial charge >= 0.3 is 16.4 Å². The zero-order chi connectivity index (χ0) is 18.5. The van der Waals surface area contributed by atoms with Crippen LogP contribution < -0.4 is 0 Å². The lowest BCUT2D eigenvalue weighted by Crippen LogP contribution is -2.52. The van der Waals surface area contributed by atoms with Gasteiger partial charge in [0, 0.05) is 0 Å². The Morgan fingerprint density at radius 1 is 1.12 bits per heavy atom. The van der Waals surface area contributed by atoms with E-state index in [0.29, 0.717) is 30.6 Å². The van der Waals surface area contributed by atoms with Gasteiger partial charge in [0.05, 0.1) is 18.6 Å². The van der Waals surface area contributed by atoms with Crippen LogP contribution >= 0.6 is 0 Å². The molecule has 0 heterocycles. The summed E-state index contributed by atoms with van der Waals surface area (Å²) < 4.78 is 40.9. The summed E-state index contributed by atoms with van der Waals surface area (Å²) in [4.78, 5) is 12.2. The van der Waals surface area contributed by atoms with E-state index in [1.807, 2.05) is 6.92 Å². The molecule has 3 rings (SSSR count). The van der Waals surface area contributed by atoms with Gasteiger partial charge in [-0.15, -0.1) is 0 Å². The lowest BCUT2D eigenvalue weighted by Gasteiger charge is -2.58. The normalized spacial score (nSPS) is 44.5. The monoisotopic (exact) mass is 374 g/mol. The minimum absolute atomic E-state index is 0.0940. The van der Waals surface area contributed by atoms with Gasteiger partial charge in [0.15, 0.2) is 0 Å². The summed E-state index contributed by atoms with van der Waals surface area (Å²) in [5.74, 6) is 1.41. The molecule has 3 saturated carbocycles. The van der Waals surface area contributed by atoms with Crippen LogP contribution in [0.1, 0.15) is 65.2 Å². The first-order valence-electron chi connectivity index (χ1n) is 9.31. The number of methoxy groups -OCH3 is 1. The molecule has 3 aliphatic carbocycles. The van der Waals surface area contributed by atoms with E-state index in [4.69, 9.17) is 13.5 Å². The molecule has 0 saturated heterocycles.